The van der Waals surface area contributed by atoms with Crippen molar-refractivity contribution in [1.82, 2.24) is 14.8 Å². The number of aryl methyl sites for hydroxylation is 2. The maximum absolute atomic E-state index is 12.5. The molecule has 0 unspecified atom stereocenters. The predicted octanol–water partition coefficient (Wildman–Crippen LogP) is 5.13. The van der Waals surface area contributed by atoms with E-state index < -0.39 is 0 Å². The molecule has 7 nitrogen and oxygen atoms in total. The SMILES string of the molecule is CCn1c(CC(=O)Nc2ccc(C)cc2C)nnc1SCC(=O)Nc1ccc(Cl)c(Cl)c1. The summed E-state index contributed by atoms with van der Waals surface area (Å²) in [5.74, 6) is 0.288. The lowest BCUT2D eigenvalue weighted by atomic mass is 10.1. The number of nitrogens with zero attached hydrogens (tertiary/aromatic N) is 3. The van der Waals surface area contributed by atoms with Gasteiger partial charge in [-0.2, -0.15) is 0 Å². The summed E-state index contributed by atoms with van der Waals surface area (Å²) in [5.41, 5.74) is 3.47. The largest absolute Gasteiger partial charge is 0.325 e. The topological polar surface area (TPSA) is 88.9 Å². The van der Waals surface area contributed by atoms with E-state index in [1.165, 1.54) is 11.8 Å². The van der Waals surface area contributed by atoms with Crippen LogP contribution in [0.25, 0.3) is 0 Å². The zero-order chi connectivity index (χ0) is 23.3. The number of thioether (sulfide) groups is 1. The molecule has 2 aromatic carbocycles. The molecule has 0 bridgehead atoms. The first-order valence-corrected chi connectivity index (χ1v) is 11.7. The van der Waals surface area contributed by atoms with Crippen LogP contribution in [-0.4, -0.2) is 32.3 Å². The molecular formula is C22H23Cl2N5O2S. The van der Waals surface area contributed by atoms with Gasteiger partial charge in [0.25, 0.3) is 0 Å². The van der Waals surface area contributed by atoms with Gasteiger partial charge < -0.3 is 15.2 Å². The van der Waals surface area contributed by atoms with Crippen LogP contribution in [-0.2, 0) is 22.6 Å². The Morgan fingerprint density at radius 2 is 1.78 bits per heavy atom. The zero-order valence-corrected chi connectivity index (χ0v) is 20.2. The zero-order valence-electron chi connectivity index (χ0n) is 17.9. The second-order valence-corrected chi connectivity index (χ2v) is 8.91. The van der Waals surface area contributed by atoms with Crippen molar-refractivity contribution in [3.8, 4) is 0 Å². The lowest BCUT2D eigenvalue weighted by Gasteiger charge is -2.10. The molecule has 168 valence electrons. The molecule has 1 aromatic heterocycles. The number of hydrogen-bond donors (Lipinski definition) is 2. The van der Waals surface area contributed by atoms with Crippen molar-refractivity contribution >= 4 is 58.2 Å². The van der Waals surface area contributed by atoms with E-state index in [1.54, 1.807) is 18.2 Å². The summed E-state index contributed by atoms with van der Waals surface area (Å²) in [6.07, 6.45) is 0.0875. The van der Waals surface area contributed by atoms with E-state index in [9.17, 15) is 9.59 Å². The van der Waals surface area contributed by atoms with E-state index in [1.807, 2.05) is 43.5 Å². The summed E-state index contributed by atoms with van der Waals surface area (Å²) in [6.45, 7) is 6.48. The fourth-order valence-corrected chi connectivity index (χ4v) is 4.19. The number of amides is 2. The van der Waals surface area contributed by atoms with Gasteiger partial charge in [0, 0.05) is 17.9 Å². The molecule has 0 fully saturated rings. The first-order valence-electron chi connectivity index (χ1n) is 9.93. The minimum absolute atomic E-state index is 0.0875. The second-order valence-electron chi connectivity index (χ2n) is 7.15. The van der Waals surface area contributed by atoms with Crippen LogP contribution in [0.15, 0.2) is 41.6 Å². The number of carbonyl (C=O) groups excluding carboxylic acids is 2. The van der Waals surface area contributed by atoms with Gasteiger partial charge in [-0.15, -0.1) is 10.2 Å². The molecule has 1 heterocycles. The van der Waals surface area contributed by atoms with Gasteiger partial charge in [-0.1, -0.05) is 52.7 Å². The van der Waals surface area contributed by atoms with Crippen LogP contribution in [0, 0.1) is 13.8 Å². The van der Waals surface area contributed by atoms with E-state index in [0.29, 0.717) is 33.3 Å². The fourth-order valence-electron chi connectivity index (χ4n) is 3.07. The Labute approximate surface area is 200 Å². The summed E-state index contributed by atoms with van der Waals surface area (Å²) in [4.78, 5) is 24.8. The molecule has 0 saturated carbocycles. The molecule has 0 radical (unpaired) electrons. The minimum atomic E-state index is -0.215. The molecule has 10 heteroatoms. The number of hydrogen-bond acceptors (Lipinski definition) is 5. The van der Waals surface area contributed by atoms with Gasteiger partial charge in [0.05, 0.1) is 22.2 Å². The highest BCUT2D eigenvalue weighted by atomic mass is 35.5. The molecule has 3 rings (SSSR count). The van der Waals surface area contributed by atoms with Crippen molar-refractivity contribution in [2.75, 3.05) is 16.4 Å². The van der Waals surface area contributed by atoms with Gasteiger partial charge in [-0.3, -0.25) is 9.59 Å². The third-order valence-electron chi connectivity index (χ3n) is 4.62. The summed E-state index contributed by atoms with van der Waals surface area (Å²) in [7, 11) is 0. The molecule has 0 atom stereocenters. The van der Waals surface area contributed by atoms with Crippen LogP contribution in [0.5, 0.6) is 0 Å². The average molecular weight is 492 g/mol. The van der Waals surface area contributed by atoms with Gasteiger partial charge in [-0.05, 0) is 50.6 Å². The number of aromatic nitrogens is 3. The molecule has 32 heavy (non-hydrogen) atoms. The number of anilines is 2. The summed E-state index contributed by atoms with van der Waals surface area (Å²) >= 11 is 13.1. The van der Waals surface area contributed by atoms with E-state index in [4.69, 9.17) is 23.2 Å². The first-order chi connectivity index (χ1) is 15.3. The van der Waals surface area contributed by atoms with Crippen LogP contribution in [0.1, 0.15) is 23.9 Å². The van der Waals surface area contributed by atoms with E-state index in [2.05, 4.69) is 20.8 Å². The molecule has 0 aliphatic carbocycles. The normalized spacial score (nSPS) is 10.8. The van der Waals surface area contributed by atoms with Crippen molar-refractivity contribution in [2.24, 2.45) is 0 Å². The smallest absolute Gasteiger partial charge is 0.234 e. The van der Waals surface area contributed by atoms with Crippen molar-refractivity contribution in [3.63, 3.8) is 0 Å². The van der Waals surface area contributed by atoms with Gasteiger partial charge >= 0.3 is 0 Å². The van der Waals surface area contributed by atoms with Crippen molar-refractivity contribution in [1.29, 1.82) is 0 Å². The highest BCUT2D eigenvalue weighted by molar-refractivity contribution is 7.99. The fraction of sp³-hybridized carbons (Fsp3) is 0.273. The Bertz CT molecular complexity index is 1150. The quantitative estimate of drug-likeness (QED) is 0.426. The third kappa shape index (κ3) is 6.25. The van der Waals surface area contributed by atoms with Crippen LogP contribution in [0.3, 0.4) is 0 Å². The summed E-state index contributed by atoms with van der Waals surface area (Å²) in [5, 5.41) is 15.4. The second kappa shape index (κ2) is 10.8. The minimum Gasteiger partial charge on any atom is -0.325 e. The Hall–Kier alpha value is -2.55. The Kier molecular flexibility index (Phi) is 8.17. The molecule has 0 aliphatic rings. The summed E-state index contributed by atoms with van der Waals surface area (Å²) in [6, 6.07) is 10.7. The van der Waals surface area contributed by atoms with Gasteiger partial charge in [0.15, 0.2) is 5.16 Å². The van der Waals surface area contributed by atoms with Crippen molar-refractivity contribution in [2.45, 2.75) is 38.9 Å². The number of rotatable bonds is 8. The van der Waals surface area contributed by atoms with Gasteiger partial charge in [0.1, 0.15) is 5.82 Å². The summed E-state index contributed by atoms with van der Waals surface area (Å²) < 4.78 is 1.83. The predicted molar refractivity (Wildman–Crippen MR) is 130 cm³/mol. The molecule has 0 saturated heterocycles. The van der Waals surface area contributed by atoms with Crippen molar-refractivity contribution < 1.29 is 9.59 Å². The number of benzene rings is 2. The number of nitrogens with one attached hydrogen (secondary N) is 2. The molecule has 3 aromatic rings. The van der Waals surface area contributed by atoms with Crippen molar-refractivity contribution in [3.05, 3.63) is 63.4 Å². The molecular weight excluding hydrogens is 469 g/mol. The Morgan fingerprint density at radius 3 is 2.47 bits per heavy atom. The van der Waals surface area contributed by atoms with Gasteiger partial charge in [-0.25, -0.2) is 0 Å². The Balaban J connectivity index is 1.59. The maximum Gasteiger partial charge on any atom is 0.234 e. The lowest BCUT2D eigenvalue weighted by molar-refractivity contribution is -0.116. The maximum atomic E-state index is 12.5. The average Bonchev–Trinajstić information content (AvgIpc) is 3.12. The monoisotopic (exact) mass is 491 g/mol. The molecule has 0 spiro atoms. The standard InChI is InChI=1S/C22H23Cl2N5O2S/c1-4-29-19(11-20(30)26-18-8-5-13(2)9-14(18)3)27-28-22(29)32-12-21(31)25-15-6-7-16(23)17(24)10-15/h5-10H,4,11-12H2,1-3H3,(H,25,31)(H,26,30). The van der Waals surface area contributed by atoms with Crippen LogP contribution in [0.4, 0.5) is 11.4 Å². The van der Waals surface area contributed by atoms with E-state index in [0.717, 1.165) is 16.8 Å². The van der Waals surface area contributed by atoms with Crippen LogP contribution < -0.4 is 10.6 Å². The molecule has 2 N–H and O–H groups in total. The number of halogens is 2. The lowest BCUT2D eigenvalue weighted by Crippen LogP contribution is -2.18. The molecule has 2 amide bonds. The van der Waals surface area contributed by atoms with Gasteiger partial charge in [0.2, 0.25) is 11.8 Å². The number of carbonyl (C=O) groups is 2. The Morgan fingerprint density at radius 1 is 1.00 bits per heavy atom. The van der Waals surface area contributed by atoms with Crippen LogP contribution in [0.2, 0.25) is 10.0 Å². The van der Waals surface area contributed by atoms with E-state index >= 15 is 0 Å². The highest BCUT2D eigenvalue weighted by Crippen LogP contribution is 2.25. The highest BCUT2D eigenvalue weighted by Gasteiger charge is 2.16. The first kappa shape index (κ1) is 24.1. The third-order valence-corrected chi connectivity index (χ3v) is 6.33. The van der Waals surface area contributed by atoms with E-state index in [-0.39, 0.29) is 24.0 Å². The van der Waals surface area contributed by atoms with Crippen LogP contribution >= 0.6 is 35.0 Å². The molecule has 0 aliphatic heterocycles.